The summed E-state index contributed by atoms with van der Waals surface area (Å²) in [4.78, 5) is 2.79. The van der Waals surface area contributed by atoms with Crippen molar-refractivity contribution in [3.63, 3.8) is 0 Å². The summed E-state index contributed by atoms with van der Waals surface area (Å²) in [6.45, 7) is 10.5. The highest BCUT2D eigenvalue weighted by Crippen LogP contribution is 2.43. The van der Waals surface area contributed by atoms with Gasteiger partial charge in [0.1, 0.15) is 0 Å². The first kappa shape index (κ1) is 15.7. The second-order valence-electron chi connectivity index (χ2n) is 6.75. The molecule has 2 rings (SSSR count). The van der Waals surface area contributed by atoms with Gasteiger partial charge >= 0.3 is 0 Å². The van der Waals surface area contributed by atoms with Crippen molar-refractivity contribution in [2.24, 2.45) is 17.6 Å². The molecule has 2 aliphatic rings. The topological polar surface area (TPSA) is 29.3 Å². The van der Waals surface area contributed by atoms with E-state index in [0.29, 0.717) is 5.54 Å². The summed E-state index contributed by atoms with van der Waals surface area (Å²) in [7, 11) is 0. The molecule has 0 bridgehead atoms. The van der Waals surface area contributed by atoms with Crippen molar-refractivity contribution >= 4 is 11.8 Å². The van der Waals surface area contributed by atoms with Crippen LogP contribution >= 0.6 is 11.8 Å². The van der Waals surface area contributed by atoms with Crippen LogP contribution in [0.1, 0.15) is 52.9 Å². The summed E-state index contributed by atoms with van der Waals surface area (Å²) < 4.78 is 0. The summed E-state index contributed by atoms with van der Waals surface area (Å²) in [5.41, 5.74) is 6.64. The van der Waals surface area contributed by atoms with Crippen molar-refractivity contribution in [1.29, 1.82) is 0 Å². The highest BCUT2D eigenvalue weighted by atomic mass is 32.2. The maximum Gasteiger partial charge on any atom is 0.0363 e. The highest BCUT2D eigenvalue weighted by Gasteiger charge is 2.46. The summed E-state index contributed by atoms with van der Waals surface area (Å²) in [6.07, 6.45) is 6.79. The Morgan fingerprint density at radius 3 is 2.79 bits per heavy atom. The SMILES string of the molecule is CCC1CN(C2(CN)CCCCC2C(C)C)CCS1. The normalized spacial score (nSPS) is 37.7. The van der Waals surface area contributed by atoms with Crippen LogP contribution in [0.15, 0.2) is 0 Å². The lowest BCUT2D eigenvalue weighted by Gasteiger charge is -2.54. The van der Waals surface area contributed by atoms with E-state index in [4.69, 9.17) is 5.73 Å². The first-order valence-electron chi connectivity index (χ1n) is 8.20. The minimum absolute atomic E-state index is 0.306. The molecule has 3 unspecified atom stereocenters. The number of hydrogen-bond acceptors (Lipinski definition) is 3. The van der Waals surface area contributed by atoms with E-state index in [1.165, 1.54) is 50.9 Å². The molecule has 2 fully saturated rings. The van der Waals surface area contributed by atoms with Gasteiger partial charge in [-0.2, -0.15) is 11.8 Å². The largest absolute Gasteiger partial charge is 0.329 e. The van der Waals surface area contributed by atoms with E-state index in [2.05, 4.69) is 37.4 Å². The average Bonchev–Trinajstić information content (AvgIpc) is 2.47. The van der Waals surface area contributed by atoms with E-state index < -0.39 is 0 Å². The van der Waals surface area contributed by atoms with Gasteiger partial charge in [-0.1, -0.05) is 33.6 Å². The standard InChI is InChI=1S/C16H32N2S/c1-4-14-11-18(9-10-19-14)16(12-17)8-6-5-7-15(16)13(2)3/h13-15H,4-12,17H2,1-3H3. The Balaban J connectivity index is 2.18. The molecule has 1 aliphatic carbocycles. The Kier molecular flexibility index (Phi) is 5.62. The molecule has 19 heavy (non-hydrogen) atoms. The Hall–Kier alpha value is 0.270. The molecule has 1 heterocycles. The minimum atomic E-state index is 0.306. The van der Waals surface area contributed by atoms with E-state index in [-0.39, 0.29) is 0 Å². The van der Waals surface area contributed by atoms with Gasteiger partial charge in [0.2, 0.25) is 0 Å². The molecule has 0 aromatic rings. The van der Waals surface area contributed by atoms with Crippen molar-refractivity contribution < 1.29 is 0 Å². The first-order valence-corrected chi connectivity index (χ1v) is 9.25. The molecule has 1 saturated heterocycles. The lowest BCUT2D eigenvalue weighted by Crippen LogP contribution is -2.63. The van der Waals surface area contributed by atoms with Crippen LogP contribution in [0.5, 0.6) is 0 Å². The lowest BCUT2D eigenvalue weighted by atomic mass is 9.66. The van der Waals surface area contributed by atoms with E-state index in [0.717, 1.165) is 23.6 Å². The zero-order valence-corrected chi connectivity index (χ0v) is 13.8. The third kappa shape index (κ3) is 3.14. The summed E-state index contributed by atoms with van der Waals surface area (Å²) in [5, 5.41) is 0.826. The molecular weight excluding hydrogens is 252 g/mol. The van der Waals surface area contributed by atoms with Gasteiger partial charge in [0.15, 0.2) is 0 Å². The van der Waals surface area contributed by atoms with Crippen LogP contribution in [0.25, 0.3) is 0 Å². The van der Waals surface area contributed by atoms with Gasteiger partial charge in [0.05, 0.1) is 0 Å². The fourth-order valence-electron chi connectivity index (χ4n) is 4.35. The molecule has 0 amide bonds. The number of nitrogens with two attached hydrogens (primary N) is 1. The molecule has 3 heteroatoms. The summed E-state index contributed by atoms with van der Waals surface area (Å²) in [5.74, 6) is 2.86. The molecule has 0 aromatic heterocycles. The van der Waals surface area contributed by atoms with E-state index in [1.54, 1.807) is 0 Å². The Morgan fingerprint density at radius 1 is 1.37 bits per heavy atom. The van der Waals surface area contributed by atoms with Gasteiger partial charge < -0.3 is 5.73 Å². The van der Waals surface area contributed by atoms with Crippen molar-refractivity contribution in [3.05, 3.63) is 0 Å². The Labute approximate surface area is 123 Å². The van der Waals surface area contributed by atoms with Crippen molar-refractivity contribution in [2.45, 2.75) is 63.7 Å². The van der Waals surface area contributed by atoms with E-state index in [1.807, 2.05) is 0 Å². The zero-order chi connectivity index (χ0) is 13.9. The average molecular weight is 285 g/mol. The third-order valence-electron chi connectivity index (χ3n) is 5.45. The van der Waals surface area contributed by atoms with Crippen LogP contribution in [0.2, 0.25) is 0 Å². The van der Waals surface area contributed by atoms with Crippen LogP contribution in [-0.4, -0.2) is 41.1 Å². The molecule has 2 nitrogen and oxygen atoms in total. The van der Waals surface area contributed by atoms with Gasteiger partial charge in [0, 0.05) is 36.2 Å². The van der Waals surface area contributed by atoms with Gasteiger partial charge in [0.25, 0.3) is 0 Å². The lowest BCUT2D eigenvalue weighted by molar-refractivity contribution is -0.0119. The van der Waals surface area contributed by atoms with Crippen molar-refractivity contribution in [1.82, 2.24) is 4.90 Å². The van der Waals surface area contributed by atoms with E-state index >= 15 is 0 Å². The molecule has 1 aliphatic heterocycles. The van der Waals surface area contributed by atoms with Crippen molar-refractivity contribution in [2.75, 3.05) is 25.4 Å². The number of rotatable bonds is 4. The summed E-state index contributed by atoms with van der Waals surface area (Å²) in [6, 6.07) is 0. The molecular formula is C16H32N2S. The molecule has 112 valence electrons. The van der Waals surface area contributed by atoms with Crippen LogP contribution in [0.4, 0.5) is 0 Å². The molecule has 0 spiro atoms. The van der Waals surface area contributed by atoms with Crippen LogP contribution < -0.4 is 5.73 Å². The fourth-order valence-corrected chi connectivity index (χ4v) is 5.53. The predicted molar refractivity (Wildman–Crippen MR) is 86.7 cm³/mol. The highest BCUT2D eigenvalue weighted by molar-refractivity contribution is 8.00. The minimum Gasteiger partial charge on any atom is -0.329 e. The first-order chi connectivity index (χ1) is 9.14. The number of hydrogen-bond donors (Lipinski definition) is 1. The van der Waals surface area contributed by atoms with E-state index in [9.17, 15) is 0 Å². The van der Waals surface area contributed by atoms with Crippen LogP contribution in [-0.2, 0) is 0 Å². The fraction of sp³-hybridized carbons (Fsp3) is 1.00. The summed E-state index contributed by atoms with van der Waals surface area (Å²) >= 11 is 2.17. The number of thioether (sulfide) groups is 1. The quantitative estimate of drug-likeness (QED) is 0.858. The zero-order valence-electron chi connectivity index (χ0n) is 13.0. The van der Waals surface area contributed by atoms with Crippen molar-refractivity contribution in [3.8, 4) is 0 Å². The second kappa shape index (κ2) is 6.82. The predicted octanol–water partition coefficient (Wildman–Crippen LogP) is 3.36. The Bertz CT molecular complexity index is 282. The maximum absolute atomic E-state index is 6.34. The van der Waals surface area contributed by atoms with Gasteiger partial charge in [-0.05, 0) is 31.1 Å². The number of nitrogens with zero attached hydrogens (tertiary/aromatic N) is 1. The smallest absolute Gasteiger partial charge is 0.0363 e. The van der Waals surface area contributed by atoms with Gasteiger partial charge in [-0.15, -0.1) is 0 Å². The Morgan fingerprint density at radius 2 is 2.16 bits per heavy atom. The molecule has 1 saturated carbocycles. The molecule has 2 N–H and O–H groups in total. The van der Waals surface area contributed by atoms with Crippen LogP contribution in [0.3, 0.4) is 0 Å². The monoisotopic (exact) mass is 284 g/mol. The van der Waals surface area contributed by atoms with Gasteiger partial charge in [-0.3, -0.25) is 4.90 Å². The molecule has 3 atom stereocenters. The maximum atomic E-state index is 6.34. The third-order valence-corrected chi connectivity index (χ3v) is 6.82. The van der Waals surface area contributed by atoms with Crippen LogP contribution in [0, 0.1) is 11.8 Å². The van der Waals surface area contributed by atoms with Gasteiger partial charge in [-0.25, -0.2) is 0 Å². The molecule has 0 aromatic carbocycles. The second-order valence-corrected chi connectivity index (χ2v) is 8.16. The molecule has 0 radical (unpaired) electrons.